The van der Waals surface area contributed by atoms with E-state index >= 15 is 0 Å². The SMILES string of the molecule is COc1ccc(NC(=O)CCC(O)c2ccc(Cl)cc2)cc1. The van der Waals surface area contributed by atoms with E-state index in [9.17, 15) is 9.90 Å². The van der Waals surface area contributed by atoms with Crippen molar-refractivity contribution in [3.05, 3.63) is 59.1 Å². The molecule has 0 spiro atoms. The number of halogens is 1. The highest BCUT2D eigenvalue weighted by atomic mass is 35.5. The van der Waals surface area contributed by atoms with Gasteiger partial charge in [-0.25, -0.2) is 0 Å². The molecule has 2 N–H and O–H groups in total. The standard InChI is InChI=1S/C17H18ClNO3/c1-22-15-8-6-14(7-9-15)19-17(21)11-10-16(20)12-2-4-13(18)5-3-12/h2-9,16,20H,10-11H2,1H3,(H,19,21). The largest absolute Gasteiger partial charge is 0.497 e. The highest BCUT2D eigenvalue weighted by Crippen LogP contribution is 2.21. The number of rotatable bonds is 6. The molecule has 0 aliphatic heterocycles. The number of aliphatic hydroxyl groups is 1. The van der Waals surface area contributed by atoms with Crippen LogP contribution in [0.5, 0.6) is 5.75 Å². The van der Waals surface area contributed by atoms with Gasteiger partial charge in [-0.2, -0.15) is 0 Å². The molecule has 0 aliphatic rings. The van der Waals surface area contributed by atoms with E-state index in [-0.39, 0.29) is 12.3 Å². The van der Waals surface area contributed by atoms with Crippen molar-refractivity contribution in [1.82, 2.24) is 0 Å². The summed E-state index contributed by atoms with van der Waals surface area (Å²) in [6.07, 6.45) is -0.0988. The molecule has 0 bridgehead atoms. The topological polar surface area (TPSA) is 58.6 Å². The number of aliphatic hydroxyl groups excluding tert-OH is 1. The second-order valence-electron chi connectivity index (χ2n) is 4.88. The summed E-state index contributed by atoms with van der Waals surface area (Å²) in [4.78, 5) is 11.9. The molecule has 2 aromatic rings. The second-order valence-corrected chi connectivity index (χ2v) is 5.32. The fraction of sp³-hybridized carbons (Fsp3) is 0.235. The summed E-state index contributed by atoms with van der Waals surface area (Å²) < 4.78 is 5.06. The van der Waals surface area contributed by atoms with Crippen molar-refractivity contribution in [2.75, 3.05) is 12.4 Å². The number of amides is 1. The van der Waals surface area contributed by atoms with E-state index in [1.165, 1.54) is 0 Å². The quantitative estimate of drug-likeness (QED) is 0.851. The maximum atomic E-state index is 11.9. The molecule has 1 unspecified atom stereocenters. The zero-order valence-electron chi connectivity index (χ0n) is 12.3. The third-order valence-corrected chi connectivity index (χ3v) is 3.53. The molecular weight excluding hydrogens is 302 g/mol. The van der Waals surface area contributed by atoms with E-state index in [2.05, 4.69) is 5.32 Å². The van der Waals surface area contributed by atoms with Gasteiger partial charge in [-0.1, -0.05) is 23.7 Å². The number of carbonyl (C=O) groups is 1. The number of carbonyl (C=O) groups excluding carboxylic acids is 1. The third kappa shape index (κ3) is 4.76. The molecule has 0 saturated heterocycles. The summed E-state index contributed by atoms with van der Waals surface area (Å²) in [6.45, 7) is 0. The molecule has 0 aromatic heterocycles. The van der Waals surface area contributed by atoms with Gasteiger partial charge in [-0.15, -0.1) is 0 Å². The molecule has 116 valence electrons. The molecule has 0 aliphatic carbocycles. The summed E-state index contributed by atoms with van der Waals surface area (Å²) in [5.74, 6) is 0.592. The summed E-state index contributed by atoms with van der Waals surface area (Å²) in [5, 5.41) is 13.5. The van der Waals surface area contributed by atoms with E-state index in [0.717, 1.165) is 11.3 Å². The number of ether oxygens (including phenoxy) is 1. The average Bonchev–Trinajstić information content (AvgIpc) is 2.54. The maximum absolute atomic E-state index is 11.9. The van der Waals surface area contributed by atoms with E-state index in [1.807, 2.05) is 0 Å². The first-order valence-corrected chi connectivity index (χ1v) is 7.33. The lowest BCUT2D eigenvalue weighted by molar-refractivity contribution is -0.116. The van der Waals surface area contributed by atoms with Crippen LogP contribution >= 0.6 is 11.6 Å². The van der Waals surface area contributed by atoms with Crippen molar-refractivity contribution in [2.45, 2.75) is 18.9 Å². The Labute approximate surface area is 134 Å². The van der Waals surface area contributed by atoms with E-state index in [0.29, 0.717) is 17.1 Å². The van der Waals surface area contributed by atoms with Crippen molar-refractivity contribution in [1.29, 1.82) is 0 Å². The van der Waals surface area contributed by atoms with E-state index in [4.69, 9.17) is 16.3 Å². The number of benzene rings is 2. The fourth-order valence-electron chi connectivity index (χ4n) is 2.02. The van der Waals surface area contributed by atoms with Gasteiger partial charge in [0.15, 0.2) is 0 Å². The molecule has 5 heteroatoms. The first-order chi connectivity index (χ1) is 10.6. The number of methoxy groups -OCH3 is 1. The molecule has 0 radical (unpaired) electrons. The minimum atomic E-state index is -0.682. The van der Waals surface area contributed by atoms with Crippen LogP contribution in [0.15, 0.2) is 48.5 Å². The normalized spacial score (nSPS) is 11.8. The monoisotopic (exact) mass is 319 g/mol. The zero-order valence-corrected chi connectivity index (χ0v) is 13.0. The molecule has 0 fully saturated rings. The summed E-state index contributed by atoms with van der Waals surface area (Å²) in [5.41, 5.74) is 1.45. The highest BCUT2D eigenvalue weighted by molar-refractivity contribution is 6.30. The van der Waals surface area contributed by atoms with Gasteiger partial charge in [0, 0.05) is 17.1 Å². The molecule has 22 heavy (non-hydrogen) atoms. The minimum absolute atomic E-state index is 0.141. The molecule has 0 saturated carbocycles. The smallest absolute Gasteiger partial charge is 0.224 e. The molecule has 1 atom stereocenters. The Morgan fingerprint density at radius 3 is 2.41 bits per heavy atom. The predicted molar refractivity (Wildman–Crippen MR) is 87.3 cm³/mol. The number of anilines is 1. The van der Waals surface area contributed by atoms with Crippen LogP contribution in [0.3, 0.4) is 0 Å². The number of nitrogens with one attached hydrogen (secondary N) is 1. The van der Waals surface area contributed by atoms with E-state index < -0.39 is 6.10 Å². The fourth-order valence-corrected chi connectivity index (χ4v) is 2.14. The van der Waals surface area contributed by atoms with Crippen LogP contribution in [0.2, 0.25) is 5.02 Å². The minimum Gasteiger partial charge on any atom is -0.497 e. The Morgan fingerprint density at radius 1 is 1.18 bits per heavy atom. The van der Waals surface area contributed by atoms with Gasteiger partial charge in [-0.05, 0) is 48.4 Å². The Balaban J connectivity index is 1.82. The first-order valence-electron chi connectivity index (χ1n) is 6.96. The number of hydrogen-bond acceptors (Lipinski definition) is 3. The highest BCUT2D eigenvalue weighted by Gasteiger charge is 2.10. The van der Waals surface area contributed by atoms with Crippen LogP contribution in [0.4, 0.5) is 5.69 Å². The zero-order chi connectivity index (χ0) is 15.9. The van der Waals surface area contributed by atoms with Crippen molar-refractivity contribution >= 4 is 23.2 Å². The van der Waals surface area contributed by atoms with Crippen molar-refractivity contribution in [2.24, 2.45) is 0 Å². The number of hydrogen-bond donors (Lipinski definition) is 2. The van der Waals surface area contributed by atoms with Crippen molar-refractivity contribution < 1.29 is 14.6 Å². The molecule has 0 heterocycles. The van der Waals surface area contributed by atoms with Gasteiger partial charge in [0.25, 0.3) is 0 Å². The molecule has 2 aromatic carbocycles. The van der Waals surface area contributed by atoms with Gasteiger partial charge < -0.3 is 15.2 Å². The van der Waals surface area contributed by atoms with Crippen LogP contribution in [-0.2, 0) is 4.79 Å². The van der Waals surface area contributed by atoms with Gasteiger partial charge in [-0.3, -0.25) is 4.79 Å². The Hall–Kier alpha value is -2.04. The van der Waals surface area contributed by atoms with Gasteiger partial charge >= 0.3 is 0 Å². The lowest BCUT2D eigenvalue weighted by Crippen LogP contribution is -2.12. The molecule has 2 rings (SSSR count). The van der Waals surface area contributed by atoms with E-state index in [1.54, 1.807) is 55.6 Å². The van der Waals surface area contributed by atoms with Crippen molar-refractivity contribution in [3.8, 4) is 5.75 Å². The molecular formula is C17H18ClNO3. The van der Waals surface area contributed by atoms with Gasteiger partial charge in [0.1, 0.15) is 5.75 Å². The lowest BCUT2D eigenvalue weighted by Gasteiger charge is -2.11. The Bertz CT molecular complexity index is 611. The summed E-state index contributed by atoms with van der Waals surface area (Å²) in [6, 6.07) is 14.0. The first kappa shape index (κ1) is 16.3. The van der Waals surface area contributed by atoms with Crippen molar-refractivity contribution in [3.63, 3.8) is 0 Å². The summed E-state index contributed by atoms with van der Waals surface area (Å²) >= 11 is 5.80. The van der Waals surface area contributed by atoms with Gasteiger partial charge in [0.2, 0.25) is 5.91 Å². The predicted octanol–water partition coefficient (Wildman–Crippen LogP) is 3.80. The average molecular weight is 320 g/mol. The Morgan fingerprint density at radius 2 is 1.82 bits per heavy atom. The van der Waals surface area contributed by atoms with Crippen LogP contribution in [0, 0.1) is 0 Å². The van der Waals surface area contributed by atoms with Crippen LogP contribution in [-0.4, -0.2) is 18.1 Å². The molecule has 1 amide bonds. The van der Waals surface area contributed by atoms with Crippen LogP contribution < -0.4 is 10.1 Å². The molecule has 4 nitrogen and oxygen atoms in total. The van der Waals surface area contributed by atoms with Gasteiger partial charge in [0.05, 0.1) is 13.2 Å². The second kappa shape index (κ2) is 7.82. The third-order valence-electron chi connectivity index (χ3n) is 3.27. The maximum Gasteiger partial charge on any atom is 0.224 e. The lowest BCUT2D eigenvalue weighted by atomic mass is 10.0. The summed E-state index contributed by atoms with van der Waals surface area (Å²) in [7, 11) is 1.59. The Kier molecular flexibility index (Phi) is 5.81. The van der Waals surface area contributed by atoms with Crippen LogP contribution in [0.1, 0.15) is 24.5 Å². The van der Waals surface area contributed by atoms with Crippen LogP contribution in [0.25, 0.3) is 0 Å².